The molecule has 0 saturated carbocycles. The van der Waals surface area contributed by atoms with Gasteiger partial charge in [-0.1, -0.05) is 29.3 Å². The summed E-state index contributed by atoms with van der Waals surface area (Å²) < 4.78 is 22.3. The molecule has 0 spiro atoms. The van der Waals surface area contributed by atoms with Crippen LogP contribution < -0.4 is 15.4 Å². The van der Waals surface area contributed by atoms with Gasteiger partial charge in [0.25, 0.3) is 0 Å². The highest BCUT2D eigenvalue weighted by atomic mass is 35.5. The maximum Gasteiger partial charge on any atom is 0.335 e. The molecule has 26 heavy (non-hydrogen) atoms. The summed E-state index contributed by atoms with van der Waals surface area (Å²) in [5.74, 6) is 0.890. The molecule has 2 rings (SSSR count). The molecule has 0 aliphatic heterocycles. The molecule has 0 aromatic heterocycles. The third-order valence-electron chi connectivity index (χ3n) is 3.49. The zero-order valence-electron chi connectivity index (χ0n) is 14.5. The maximum atomic E-state index is 8.29. The largest absolute Gasteiger partial charge is 0.492 e. The Morgan fingerprint density at radius 2 is 1.69 bits per heavy atom. The summed E-state index contributed by atoms with van der Waals surface area (Å²) in [5.41, 5.74) is 2.29. The van der Waals surface area contributed by atoms with E-state index >= 15 is 0 Å². The zero-order valence-corrected chi connectivity index (χ0v) is 16.8. The third kappa shape index (κ3) is 9.20. The van der Waals surface area contributed by atoms with Crippen molar-refractivity contribution in [2.75, 3.05) is 32.1 Å². The van der Waals surface area contributed by atoms with Gasteiger partial charge in [0.05, 0.1) is 10.0 Å². The van der Waals surface area contributed by atoms with Crippen LogP contribution in [0, 0.1) is 0 Å². The van der Waals surface area contributed by atoms with Gasteiger partial charge in [0, 0.05) is 19.3 Å². The number of aryl methyl sites for hydroxylation is 1. The smallest absolute Gasteiger partial charge is 0.335 e. The van der Waals surface area contributed by atoms with Gasteiger partial charge in [-0.3, -0.25) is 0 Å². The van der Waals surface area contributed by atoms with E-state index in [-0.39, 0.29) is 0 Å². The lowest BCUT2D eigenvalue weighted by molar-refractivity contribution is 0.314. The highest BCUT2D eigenvalue weighted by molar-refractivity contribution is 7.51. The van der Waals surface area contributed by atoms with E-state index in [1.807, 2.05) is 49.5 Å². The van der Waals surface area contributed by atoms with E-state index in [0.29, 0.717) is 16.7 Å². The van der Waals surface area contributed by atoms with Crippen molar-refractivity contribution in [2.24, 2.45) is 0 Å². The minimum atomic E-state index is -0.750. The second-order valence-electron chi connectivity index (χ2n) is 5.29. The van der Waals surface area contributed by atoms with Crippen LogP contribution in [0.1, 0.15) is 12.0 Å². The Balaban J connectivity index is 0.00000105. The molecule has 8 heteroatoms. The average molecular weight is 417 g/mol. The van der Waals surface area contributed by atoms with Crippen LogP contribution in [0.4, 0.5) is 5.69 Å². The van der Waals surface area contributed by atoms with Crippen LogP contribution in [0.2, 0.25) is 10.0 Å². The molecule has 0 saturated heterocycles. The Morgan fingerprint density at radius 3 is 2.31 bits per heavy atom. The average Bonchev–Trinajstić information content (AvgIpc) is 2.65. The number of nitrogens with one attached hydrogen (secondary N) is 2. The van der Waals surface area contributed by atoms with Crippen LogP contribution in [0.25, 0.3) is 0 Å². The molecule has 0 fully saturated rings. The van der Waals surface area contributed by atoms with Crippen molar-refractivity contribution in [2.45, 2.75) is 12.8 Å². The van der Waals surface area contributed by atoms with E-state index in [1.165, 1.54) is 5.56 Å². The van der Waals surface area contributed by atoms with Crippen LogP contribution in [0.5, 0.6) is 5.75 Å². The number of anilines is 1. The normalized spacial score (nSPS) is 9.81. The van der Waals surface area contributed by atoms with Gasteiger partial charge in [-0.05, 0) is 61.3 Å². The lowest BCUT2D eigenvalue weighted by atomic mass is 10.1. The van der Waals surface area contributed by atoms with Gasteiger partial charge in [0.2, 0.25) is 0 Å². The Hall–Kier alpha value is -1.60. The number of hydrogen-bond donors (Lipinski definition) is 2. The van der Waals surface area contributed by atoms with Crippen LogP contribution in [-0.2, 0) is 18.0 Å². The maximum absolute atomic E-state index is 8.29. The van der Waals surface area contributed by atoms with Gasteiger partial charge in [0.1, 0.15) is 12.4 Å². The van der Waals surface area contributed by atoms with Gasteiger partial charge in [-0.2, -0.15) is 8.42 Å². The molecular weight excluding hydrogens is 395 g/mol. The summed E-state index contributed by atoms with van der Waals surface area (Å²) in [7, 11) is 1.90. The fraction of sp³-hybridized carbons (Fsp3) is 0.333. The summed E-state index contributed by atoms with van der Waals surface area (Å²) in [6, 6.07) is 13.7. The topological polar surface area (TPSA) is 67.4 Å². The molecule has 0 amide bonds. The lowest BCUT2D eigenvalue weighted by Gasteiger charge is -2.08. The molecular formula is C18H22Cl2N2O3S. The highest BCUT2D eigenvalue weighted by Gasteiger charge is 1.99. The molecule has 0 heterocycles. The van der Waals surface area contributed by atoms with E-state index in [4.69, 9.17) is 36.4 Å². The molecule has 0 unspecified atom stereocenters. The van der Waals surface area contributed by atoms with Gasteiger partial charge < -0.3 is 15.4 Å². The molecule has 0 atom stereocenters. The Kier molecular flexibility index (Phi) is 11.7. The van der Waals surface area contributed by atoms with E-state index in [9.17, 15) is 0 Å². The first kappa shape index (κ1) is 22.4. The summed E-state index contributed by atoms with van der Waals surface area (Å²) in [6.45, 7) is 2.43. The summed E-state index contributed by atoms with van der Waals surface area (Å²) in [6.07, 6.45) is 2.03. The van der Waals surface area contributed by atoms with E-state index in [2.05, 4.69) is 10.6 Å². The second-order valence-corrected chi connectivity index (χ2v) is 6.24. The van der Waals surface area contributed by atoms with Gasteiger partial charge in [-0.25, -0.2) is 0 Å². The van der Waals surface area contributed by atoms with Crippen molar-refractivity contribution in [3.8, 4) is 5.75 Å². The molecule has 0 radical (unpaired) electrons. The molecule has 2 N–H and O–H groups in total. The predicted molar refractivity (Wildman–Crippen MR) is 108 cm³/mol. The van der Waals surface area contributed by atoms with Crippen molar-refractivity contribution in [3.63, 3.8) is 0 Å². The first-order valence-electron chi connectivity index (χ1n) is 8.07. The summed E-state index contributed by atoms with van der Waals surface area (Å²) in [4.78, 5) is 0. The number of halogens is 2. The SMILES string of the molecule is CNc1ccc(OCCNCCCc2ccc(Cl)c(Cl)c2)cc1.O=S=O. The quantitative estimate of drug-likeness (QED) is 0.605. The minimum absolute atomic E-state index is 0.605. The lowest BCUT2D eigenvalue weighted by Crippen LogP contribution is -2.22. The van der Waals surface area contributed by atoms with Crippen molar-refractivity contribution in [1.29, 1.82) is 0 Å². The first-order chi connectivity index (χ1) is 12.6. The molecule has 142 valence electrons. The summed E-state index contributed by atoms with van der Waals surface area (Å²) in [5, 5.41) is 7.68. The van der Waals surface area contributed by atoms with E-state index < -0.39 is 11.6 Å². The number of ether oxygens (including phenoxy) is 1. The van der Waals surface area contributed by atoms with Crippen molar-refractivity contribution in [1.82, 2.24) is 5.32 Å². The third-order valence-corrected chi connectivity index (χ3v) is 4.23. The monoisotopic (exact) mass is 416 g/mol. The summed E-state index contributed by atoms with van der Waals surface area (Å²) >= 11 is 11.2. The van der Waals surface area contributed by atoms with Crippen molar-refractivity contribution >= 4 is 40.5 Å². The van der Waals surface area contributed by atoms with Crippen molar-refractivity contribution < 1.29 is 13.2 Å². The zero-order chi connectivity index (χ0) is 19.2. The molecule has 2 aromatic rings. The minimum Gasteiger partial charge on any atom is -0.492 e. The second kappa shape index (κ2) is 13.6. The van der Waals surface area contributed by atoms with Crippen molar-refractivity contribution in [3.05, 3.63) is 58.1 Å². The fourth-order valence-corrected chi connectivity index (χ4v) is 2.52. The van der Waals surface area contributed by atoms with Gasteiger partial charge in [0.15, 0.2) is 0 Å². The van der Waals surface area contributed by atoms with E-state index in [1.54, 1.807) is 0 Å². The Labute approximate surface area is 167 Å². The fourth-order valence-electron chi connectivity index (χ4n) is 2.20. The standard InChI is InChI=1S/C18H22Cl2N2O.O2S/c1-21-15-5-7-16(8-6-15)23-12-11-22-10-2-3-14-4-9-17(19)18(20)13-14;1-3-2/h4-9,13,21-22H,2-3,10-12H2,1H3;. The number of rotatable bonds is 9. The number of benzene rings is 2. The molecule has 0 aliphatic carbocycles. The molecule has 0 bridgehead atoms. The predicted octanol–water partition coefficient (Wildman–Crippen LogP) is 3.97. The molecule has 0 aliphatic rings. The van der Waals surface area contributed by atoms with Crippen LogP contribution in [0.3, 0.4) is 0 Å². The Morgan fingerprint density at radius 1 is 1.00 bits per heavy atom. The number of hydrogen-bond acceptors (Lipinski definition) is 5. The van der Waals surface area contributed by atoms with E-state index in [0.717, 1.165) is 37.4 Å². The van der Waals surface area contributed by atoms with Gasteiger partial charge in [-0.15, -0.1) is 0 Å². The van der Waals surface area contributed by atoms with Crippen LogP contribution >= 0.6 is 23.2 Å². The van der Waals surface area contributed by atoms with Crippen LogP contribution in [0.15, 0.2) is 42.5 Å². The first-order valence-corrected chi connectivity index (χ1v) is 9.50. The van der Waals surface area contributed by atoms with Gasteiger partial charge >= 0.3 is 11.6 Å². The molecule has 2 aromatic carbocycles. The van der Waals surface area contributed by atoms with Crippen LogP contribution in [-0.4, -0.2) is 35.2 Å². The highest BCUT2D eigenvalue weighted by Crippen LogP contribution is 2.23. The molecule has 5 nitrogen and oxygen atoms in total. The Bertz CT molecular complexity index is 693.